The van der Waals surface area contributed by atoms with Crippen LogP contribution in [0.2, 0.25) is 0 Å². The van der Waals surface area contributed by atoms with Gasteiger partial charge in [-0.3, -0.25) is 4.79 Å². The van der Waals surface area contributed by atoms with Crippen LogP contribution in [0.25, 0.3) is 0 Å². The van der Waals surface area contributed by atoms with Crippen LogP contribution in [0, 0.1) is 0 Å². The lowest BCUT2D eigenvalue weighted by Crippen LogP contribution is -2.56. The Labute approximate surface area is 142 Å². The maximum absolute atomic E-state index is 12.5. The minimum Gasteiger partial charge on any atom is -0.490 e. The van der Waals surface area contributed by atoms with E-state index in [1.54, 1.807) is 12.1 Å². The van der Waals surface area contributed by atoms with Gasteiger partial charge in [0.15, 0.2) is 5.60 Å². The third-order valence-electron chi connectivity index (χ3n) is 3.61. The summed E-state index contributed by atoms with van der Waals surface area (Å²) in [5, 5.41) is 16.5. The minimum absolute atomic E-state index is 0.120. The van der Waals surface area contributed by atoms with Crippen LogP contribution in [0.5, 0.6) is 5.75 Å². The number of likely N-dealkylation sites (N-methyl/N-ethyl adjacent to an activating group) is 1. The van der Waals surface area contributed by atoms with Crippen LogP contribution in [-0.2, 0) is 11.3 Å². The summed E-state index contributed by atoms with van der Waals surface area (Å²) in [6.07, 6.45) is 0. The van der Waals surface area contributed by atoms with Crippen LogP contribution in [0.4, 0.5) is 0 Å². The van der Waals surface area contributed by atoms with Crippen molar-refractivity contribution < 1.29 is 14.6 Å². The molecule has 0 bridgehead atoms. The molecule has 0 radical (unpaired) electrons. The van der Waals surface area contributed by atoms with E-state index in [2.05, 4.69) is 10.6 Å². The number of carbonyl (C=O) groups is 1. The predicted octanol–water partition coefficient (Wildman–Crippen LogP) is 1.72. The fourth-order valence-corrected chi connectivity index (χ4v) is 2.19. The van der Waals surface area contributed by atoms with Crippen molar-refractivity contribution in [2.75, 3.05) is 19.7 Å². The maximum atomic E-state index is 12.5. The second kappa shape index (κ2) is 9.05. The zero-order valence-corrected chi connectivity index (χ0v) is 13.9. The second-order valence-electron chi connectivity index (χ2n) is 5.58. The average molecular weight is 328 g/mol. The summed E-state index contributed by atoms with van der Waals surface area (Å²) in [6, 6.07) is 18.7. The molecule has 1 amide bonds. The molecule has 0 saturated carbocycles. The van der Waals surface area contributed by atoms with Gasteiger partial charge >= 0.3 is 0 Å². The Kier molecular flexibility index (Phi) is 6.78. The maximum Gasteiger partial charge on any atom is 0.257 e. The molecule has 0 saturated heterocycles. The molecule has 0 fully saturated rings. The quantitative estimate of drug-likeness (QED) is 0.655. The van der Waals surface area contributed by atoms with Crippen molar-refractivity contribution in [3.05, 3.63) is 66.2 Å². The molecule has 0 heterocycles. The molecule has 0 aromatic heterocycles. The highest BCUT2D eigenvalue weighted by Crippen LogP contribution is 2.13. The molecule has 1 atom stereocenters. The first-order chi connectivity index (χ1) is 11.6. The summed E-state index contributed by atoms with van der Waals surface area (Å²) in [6.45, 7) is 2.93. The van der Waals surface area contributed by atoms with Gasteiger partial charge < -0.3 is 20.5 Å². The fourth-order valence-electron chi connectivity index (χ4n) is 2.19. The number of amides is 1. The Morgan fingerprint density at radius 3 is 2.33 bits per heavy atom. The molecule has 2 aromatic rings. The number of rotatable bonds is 9. The molecule has 0 aliphatic carbocycles. The molecule has 0 aliphatic rings. The summed E-state index contributed by atoms with van der Waals surface area (Å²) >= 11 is 0. The van der Waals surface area contributed by atoms with Crippen LogP contribution in [0.3, 0.4) is 0 Å². The Morgan fingerprint density at radius 1 is 1.08 bits per heavy atom. The molecule has 24 heavy (non-hydrogen) atoms. The van der Waals surface area contributed by atoms with Crippen molar-refractivity contribution in [2.45, 2.75) is 19.1 Å². The zero-order valence-electron chi connectivity index (χ0n) is 13.9. The third-order valence-corrected chi connectivity index (χ3v) is 3.61. The van der Waals surface area contributed by atoms with E-state index in [9.17, 15) is 9.90 Å². The lowest BCUT2D eigenvalue weighted by atomic mass is 10.0. The summed E-state index contributed by atoms with van der Waals surface area (Å²) in [7, 11) is 0. The van der Waals surface area contributed by atoms with E-state index in [4.69, 9.17) is 4.74 Å². The highest BCUT2D eigenvalue weighted by Gasteiger charge is 2.36. The van der Waals surface area contributed by atoms with E-state index in [1.165, 1.54) is 0 Å². The van der Waals surface area contributed by atoms with Crippen molar-refractivity contribution in [3.8, 4) is 5.75 Å². The summed E-state index contributed by atoms with van der Waals surface area (Å²) in [4.78, 5) is 12.5. The largest absolute Gasteiger partial charge is 0.490 e. The van der Waals surface area contributed by atoms with Gasteiger partial charge in [-0.05, 0) is 24.2 Å². The number of hydrogen-bond donors (Lipinski definition) is 3. The lowest BCUT2D eigenvalue weighted by Gasteiger charge is -2.27. The van der Waals surface area contributed by atoms with Gasteiger partial charge in [0.05, 0.1) is 0 Å². The molecular formula is C19H24N2O3. The van der Waals surface area contributed by atoms with Gasteiger partial charge in [0.2, 0.25) is 0 Å². The van der Waals surface area contributed by atoms with E-state index in [1.807, 2.05) is 55.5 Å². The molecule has 2 aromatic carbocycles. The van der Waals surface area contributed by atoms with Gasteiger partial charge in [0, 0.05) is 13.1 Å². The van der Waals surface area contributed by atoms with E-state index in [0.29, 0.717) is 18.8 Å². The van der Waals surface area contributed by atoms with Gasteiger partial charge in [-0.1, -0.05) is 55.5 Å². The molecule has 128 valence electrons. The van der Waals surface area contributed by atoms with Crippen LogP contribution in [0.1, 0.15) is 12.5 Å². The van der Waals surface area contributed by atoms with E-state index >= 15 is 0 Å². The van der Waals surface area contributed by atoms with Crippen LogP contribution in [-0.4, -0.2) is 36.3 Å². The number of aliphatic hydroxyl groups is 1. The molecular weight excluding hydrogens is 304 g/mol. The number of nitrogens with one attached hydrogen (secondary N) is 2. The van der Waals surface area contributed by atoms with E-state index in [0.717, 1.165) is 5.56 Å². The molecule has 2 rings (SSSR count). The average Bonchev–Trinajstić information content (AvgIpc) is 2.64. The third kappa shape index (κ3) is 5.37. The predicted molar refractivity (Wildman–Crippen MR) is 93.7 cm³/mol. The van der Waals surface area contributed by atoms with E-state index < -0.39 is 11.5 Å². The van der Waals surface area contributed by atoms with Crippen molar-refractivity contribution in [1.29, 1.82) is 0 Å². The van der Waals surface area contributed by atoms with Gasteiger partial charge in [0.1, 0.15) is 12.4 Å². The molecule has 5 heteroatoms. The lowest BCUT2D eigenvalue weighted by molar-refractivity contribution is -0.142. The SMILES string of the molecule is CCNCC(O)(COc1ccccc1)C(=O)NCc1ccccc1. The standard InChI is InChI=1S/C19H24N2O3/c1-2-20-14-19(23,15-24-17-11-7-4-8-12-17)18(22)21-13-16-9-5-3-6-10-16/h3-12,20,23H,2,13-15H2,1H3,(H,21,22). The van der Waals surface area contributed by atoms with E-state index in [-0.39, 0.29) is 13.2 Å². The van der Waals surface area contributed by atoms with Gasteiger partial charge in [-0.15, -0.1) is 0 Å². The topological polar surface area (TPSA) is 70.6 Å². The van der Waals surface area contributed by atoms with Crippen molar-refractivity contribution in [1.82, 2.24) is 10.6 Å². The first-order valence-electron chi connectivity index (χ1n) is 8.07. The first-order valence-corrected chi connectivity index (χ1v) is 8.07. The monoisotopic (exact) mass is 328 g/mol. The van der Waals surface area contributed by atoms with Gasteiger partial charge in [0.25, 0.3) is 5.91 Å². The highest BCUT2D eigenvalue weighted by molar-refractivity contribution is 5.85. The molecule has 3 N–H and O–H groups in total. The summed E-state index contributed by atoms with van der Waals surface area (Å²) in [5.74, 6) is 0.159. The van der Waals surface area contributed by atoms with Crippen molar-refractivity contribution in [3.63, 3.8) is 0 Å². The normalized spacial score (nSPS) is 13.1. The zero-order chi connectivity index (χ0) is 17.3. The second-order valence-corrected chi connectivity index (χ2v) is 5.58. The highest BCUT2D eigenvalue weighted by atomic mass is 16.5. The Bertz CT molecular complexity index is 619. The van der Waals surface area contributed by atoms with Crippen LogP contribution >= 0.6 is 0 Å². The smallest absolute Gasteiger partial charge is 0.257 e. The van der Waals surface area contributed by atoms with Crippen LogP contribution < -0.4 is 15.4 Å². The Morgan fingerprint density at radius 2 is 1.71 bits per heavy atom. The number of carbonyl (C=O) groups excluding carboxylic acids is 1. The molecule has 0 aliphatic heterocycles. The summed E-state index contributed by atoms with van der Waals surface area (Å²) < 4.78 is 5.59. The summed E-state index contributed by atoms with van der Waals surface area (Å²) in [5.41, 5.74) is -0.665. The van der Waals surface area contributed by atoms with Crippen LogP contribution in [0.15, 0.2) is 60.7 Å². The fraction of sp³-hybridized carbons (Fsp3) is 0.316. The Balaban J connectivity index is 1.97. The van der Waals surface area contributed by atoms with Crippen molar-refractivity contribution >= 4 is 5.91 Å². The first kappa shape index (κ1) is 18.0. The van der Waals surface area contributed by atoms with Gasteiger partial charge in [-0.2, -0.15) is 0 Å². The Hall–Kier alpha value is -2.37. The number of para-hydroxylation sites is 1. The molecule has 0 spiro atoms. The molecule has 5 nitrogen and oxygen atoms in total. The van der Waals surface area contributed by atoms with Crippen molar-refractivity contribution in [2.24, 2.45) is 0 Å². The minimum atomic E-state index is -1.64. The number of hydrogen-bond acceptors (Lipinski definition) is 4. The number of benzene rings is 2. The number of ether oxygens (including phenoxy) is 1. The van der Waals surface area contributed by atoms with Gasteiger partial charge in [-0.25, -0.2) is 0 Å². The molecule has 1 unspecified atom stereocenters.